The summed E-state index contributed by atoms with van der Waals surface area (Å²) in [6.45, 7) is 2.83. The molecule has 5 heteroatoms. The van der Waals surface area contributed by atoms with Gasteiger partial charge < -0.3 is 16.0 Å². The lowest BCUT2D eigenvalue weighted by atomic mass is 9.97. The Hall–Kier alpha value is -1.10. The molecular weight excluding hydrogens is 242 g/mol. The van der Waals surface area contributed by atoms with Crippen LogP contribution in [0.3, 0.4) is 0 Å². The summed E-state index contributed by atoms with van der Waals surface area (Å²) in [5, 5.41) is 2.99. The molecule has 3 atom stereocenters. The van der Waals surface area contributed by atoms with Crippen molar-refractivity contribution in [3.63, 3.8) is 0 Å². The number of nitrogens with zero attached hydrogens (tertiary/aromatic N) is 1. The predicted octanol–water partition coefficient (Wildman–Crippen LogP) is 0.383. The molecule has 3 unspecified atom stereocenters. The minimum absolute atomic E-state index is 0.0474. The van der Waals surface area contributed by atoms with Gasteiger partial charge in [-0.15, -0.1) is 0 Å². The molecule has 19 heavy (non-hydrogen) atoms. The molecule has 2 aliphatic carbocycles. The highest BCUT2D eigenvalue weighted by molar-refractivity contribution is 5.88. The van der Waals surface area contributed by atoms with Gasteiger partial charge in [-0.25, -0.2) is 0 Å². The molecule has 106 valence electrons. The third kappa shape index (κ3) is 2.36. The summed E-state index contributed by atoms with van der Waals surface area (Å²) in [7, 11) is 0. The maximum Gasteiger partial charge on any atom is 0.240 e. The average molecular weight is 265 g/mol. The monoisotopic (exact) mass is 265 g/mol. The molecular formula is C14H23N3O2. The lowest BCUT2D eigenvalue weighted by molar-refractivity contribution is -0.128. The topological polar surface area (TPSA) is 75.4 Å². The molecule has 1 saturated heterocycles. The number of nitrogens with two attached hydrogens (primary N) is 1. The fourth-order valence-electron chi connectivity index (χ4n) is 3.45. The smallest absolute Gasteiger partial charge is 0.240 e. The fraction of sp³-hybridized carbons (Fsp3) is 0.857. The number of hydrogen-bond donors (Lipinski definition) is 2. The summed E-state index contributed by atoms with van der Waals surface area (Å²) in [5.41, 5.74) is 5.44. The van der Waals surface area contributed by atoms with Crippen LogP contribution >= 0.6 is 0 Å². The Labute approximate surface area is 113 Å². The van der Waals surface area contributed by atoms with Crippen molar-refractivity contribution in [2.75, 3.05) is 6.54 Å². The molecule has 3 N–H and O–H groups in total. The van der Waals surface area contributed by atoms with Crippen molar-refractivity contribution in [1.82, 2.24) is 10.2 Å². The van der Waals surface area contributed by atoms with Gasteiger partial charge >= 0.3 is 0 Å². The van der Waals surface area contributed by atoms with Gasteiger partial charge in [0.1, 0.15) is 0 Å². The van der Waals surface area contributed by atoms with E-state index in [1.807, 2.05) is 4.90 Å². The van der Waals surface area contributed by atoms with Gasteiger partial charge in [0.2, 0.25) is 11.8 Å². The first kappa shape index (κ1) is 12.9. The summed E-state index contributed by atoms with van der Waals surface area (Å²) in [4.78, 5) is 26.1. The number of rotatable bonds is 3. The fourth-order valence-corrected chi connectivity index (χ4v) is 3.45. The summed E-state index contributed by atoms with van der Waals surface area (Å²) in [5.74, 6) is 0.736. The quantitative estimate of drug-likeness (QED) is 0.775. The molecule has 5 nitrogen and oxygen atoms in total. The van der Waals surface area contributed by atoms with Gasteiger partial charge in [-0.1, -0.05) is 19.8 Å². The molecule has 3 aliphatic rings. The third-order valence-electron chi connectivity index (χ3n) is 4.91. The zero-order chi connectivity index (χ0) is 13.6. The minimum atomic E-state index is -0.691. The van der Waals surface area contributed by atoms with Crippen molar-refractivity contribution in [1.29, 1.82) is 0 Å². The lowest BCUT2D eigenvalue weighted by Gasteiger charge is -2.25. The van der Waals surface area contributed by atoms with E-state index in [4.69, 9.17) is 5.73 Å². The molecule has 2 amide bonds. The number of carbonyl (C=O) groups is 2. The Morgan fingerprint density at radius 2 is 2.05 bits per heavy atom. The zero-order valence-corrected chi connectivity index (χ0v) is 11.5. The van der Waals surface area contributed by atoms with Gasteiger partial charge in [0.15, 0.2) is 0 Å². The Morgan fingerprint density at radius 1 is 1.42 bits per heavy atom. The first-order chi connectivity index (χ1) is 8.99. The van der Waals surface area contributed by atoms with E-state index in [2.05, 4.69) is 12.2 Å². The molecule has 3 rings (SSSR count). The Kier molecular flexibility index (Phi) is 3.04. The van der Waals surface area contributed by atoms with E-state index in [0.717, 1.165) is 32.1 Å². The molecule has 1 heterocycles. The molecule has 0 spiro atoms. The van der Waals surface area contributed by atoms with Crippen LogP contribution in [0, 0.1) is 5.92 Å². The van der Waals surface area contributed by atoms with Gasteiger partial charge in [0.05, 0.1) is 11.6 Å². The van der Waals surface area contributed by atoms with E-state index in [-0.39, 0.29) is 17.9 Å². The lowest BCUT2D eigenvalue weighted by Crippen LogP contribution is -2.54. The molecule has 0 aromatic rings. The van der Waals surface area contributed by atoms with E-state index >= 15 is 0 Å². The number of amides is 2. The molecule has 1 aliphatic heterocycles. The van der Waals surface area contributed by atoms with Crippen molar-refractivity contribution in [3.05, 3.63) is 0 Å². The second kappa shape index (κ2) is 4.47. The van der Waals surface area contributed by atoms with Crippen molar-refractivity contribution >= 4 is 11.8 Å². The second-order valence-electron chi connectivity index (χ2n) is 6.56. The standard InChI is InChI=1S/C14H23N3O2/c1-9-6-11(9)17-8-10(7-12(17)18)16-13(19)14(15)4-2-3-5-14/h9-11H,2-8,15H2,1H3,(H,16,19). The molecule has 3 fully saturated rings. The van der Waals surface area contributed by atoms with Crippen LogP contribution in [0.2, 0.25) is 0 Å². The van der Waals surface area contributed by atoms with Crippen LogP contribution in [-0.2, 0) is 9.59 Å². The second-order valence-corrected chi connectivity index (χ2v) is 6.56. The van der Waals surface area contributed by atoms with Crippen LogP contribution in [0.25, 0.3) is 0 Å². The largest absolute Gasteiger partial charge is 0.349 e. The molecule has 0 aromatic carbocycles. The number of hydrogen-bond acceptors (Lipinski definition) is 3. The highest BCUT2D eigenvalue weighted by Crippen LogP contribution is 2.37. The van der Waals surface area contributed by atoms with Crippen LogP contribution in [0.15, 0.2) is 0 Å². The number of carbonyl (C=O) groups excluding carboxylic acids is 2. The maximum absolute atomic E-state index is 12.2. The maximum atomic E-state index is 12.2. The van der Waals surface area contributed by atoms with Crippen LogP contribution < -0.4 is 11.1 Å². The molecule has 0 radical (unpaired) electrons. The highest BCUT2D eigenvalue weighted by Gasteiger charge is 2.46. The third-order valence-corrected chi connectivity index (χ3v) is 4.91. The summed E-state index contributed by atoms with van der Waals surface area (Å²) >= 11 is 0. The first-order valence-electron chi connectivity index (χ1n) is 7.39. The summed E-state index contributed by atoms with van der Waals surface area (Å²) < 4.78 is 0. The van der Waals surface area contributed by atoms with Gasteiger partial charge in [-0.2, -0.15) is 0 Å². The number of likely N-dealkylation sites (tertiary alicyclic amines) is 1. The molecule has 2 saturated carbocycles. The van der Waals surface area contributed by atoms with Crippen LogP contribution in [0.4, 0.5) is 0 Å². The van der Waals surface area contributed by atoms with Crippen LogP contribution in [0.1, 0.15) is 45.4 Å². The SMILES string of the molecule is CC1CC1N1CC(NC(=O)C2(N)CCCC2)CC1=O. The van der Waals surface area contributed by atoms with E-state index in [9.17, 15) is 9.59 Å². The normalized spacial score (nSPS) is 36.6. The van der Waals surface area contributed by atoms with Crippen LogP contribution in [-0.4, -0.2) is 40.9 Å². The Balaban J connectivity index is 1.56. The minimum Gasteiger partial charge on any atom is -0.349 e. The average Bonchev–Trinajstić information content (AvgIpc) is 2.75. The van der Waals surface area contributed by atoms with Crippen molar-refractivity contribution in [2.24, 2.45) is 11.7 Å². The van der Waals surface area contributed by atoms with Crippen molar-refractivity contribution in [3.8, 4) is 0 Å². The van der Waals surface area contributed by atoms with E-state index in [1.54, 1.807) is 0 Å². The van der Waals surface area contributed by atoms with Gasteiger partial charge in [-0.3, -0.25) is 9.59 Å². The summed E-state index contributed by atoms with van der Waals surface area (Å²) in [6.07, 6.45) is 5.13. The van der Waals surface area contributed by atoms with Crippen molar-refractivity contribution < 1.29 is 9.59 Å². The molecule has 0 bridgehead atoms. The summed E-state index contributed by atoms with van der Waals surface area (Å²) in [6, 6.07) is 0.363. The first-order valence-corrected chi connectivity index (χ1v) is 7.39. The van der Waals surface area contributed by atoms with Gasteiger partial charge in [-0.05, 0) is 25.2 Å². The Morgan fingerprint density at radius 3 is 2.63 bits per heavy atom. The highest BCUT2D eigenvalue weighted by atomic mass is 16.2. The number of nitrogens with one attached hydrogen (secondary N) is 1. The van der Waals surface area contributed by atoms with E-state index < -0.39 is 5.54 Å². The molecule has 0 aromatic heterocycles. The van der Waals surface area contributed by atoms with Crippen LogP contribution in [0.5, 0.6) is 0 Å². The van der Waals surface area contributed by atoms with Crippen molar-refractivity contribution in [2.45, 2.75) is 63.1 Å². The Bertz CT molecular complexity index is 403. The zero-order valence-electron chi connectivity index (χ0n) is 11.5. The predicted molar refractivity (Wildman–Crippen MR) is 71.2 cm³/mol. The van der Waals surface area contributed by atoms with Gasteiger partial charge in [0, 0.05) is 19.0 Å². The van der Waals surface area contributed by atoms with Gasteiger partial charge in [0.25, 0.3) is 0 Å². The van der Waals surface area contributed by atoms with E-state index in [1.165, 1.54) is 0 Å². The van der Waals surface area contributed by atoms with E-state index in [0.29, 0.717) is 24.9 Å².